The number of para-hydroxylation sites is 3. The first-order chi connectivity index (χ1) is 70.3. The molecule has 18 aromatic rings. The Morgan fingerprint density at radius 1 is 0.370 bits per heavy atom. The van der Waals surface area contributed by atoms with Crippen LogP contribution in [0.3, 0.4) is 0 Å². The number of nitrogens with zero attached hydrogens (tertiary/aromatic N) is 21. The van der Waals surface area contributed by atoms with Crippen molar-refractivity contribution >= 4 is 140 Å². The molecule has 0 saturated heterocycles. The van der Waals surface area contributed by atoms with Gasteiger partial charge in [-0.3, -0.25) is 24.9 Å². The molecule has 33 nitrogen and oxygen atoms in total. The number of fused-ring (bicyclic) bond motifs is 6. The normalized spacial score (nSPS) is 13.6. The molecule has 5 aliphatic rings. The number of H-pyrrole nitrogens is 4. The van der Waals surface area contributed by atoms with Crippen LogP contribution in [0.25, 0.3) is 42.8 Å². The van der Waals surface area contributed by atoms with Gasteiger partial charge in [-0.1, -0.05) is 48.5 Å². The third kappa shape index (κ3) is 48.1. The number of pyridine rings is 6. The lowest BCUT2D eigenvalue weighted by Crippen LogP contribution is -2.28. The number of amidine groups is 2. The summed E-state index contributed by atoms with van der Waals surface area (Å²) in [6.07, 6.45) is 25.8. The first-order valence-corrected chi connectivity index (χ1v) is 52.2. The van der Waals surface area contributed by atoms with Crippen molar-refractivity contribution in [1.29, 1.82) is 0 Å². The van der Waals surface area contributed by atoms with E-state index in [0.717, 1.165) is 190 Å². The molecule has 2 aromatic carbocycles. The van der Waals surface area contributed by atoms with Crippen molar-refractivity contribution in [3.05, 3.63) is 307 Å². The van der Waals surface area contributed by atoms with Crippen LogP contribution in [-0.4, -0.2) is 200 Å². The SMILES string of the molecule is CC1=NC(C)C(C)N1.CC1=NCCCC1.CC1=NCCCN1.CC1CCc2cccnc2N1.CNc1cccc(C)n1.CNc1ccnc(C)n1.CNc1nc(C)cs1.CNc1ncc(C)[nH]1.Cc1ccc2c(n1)NCCC2.Cc1ccccn1.Cc1nc(C)c(C)[nH]1.Cc1nc2ccccc2[nH]1.Cc1nc2ccccc2s1.Cc1nc2ncccc2[nH]1.Cc1nc2ncccc2s1.Cc1ncccn1.Cc1nccs1. The standard InChI is InChI=1S/2C9H12N2.C8H8N2.C8H7NS.C7H7N3.C7H6N2S.C7H10N2.C6H9N3.C6H12N2.C6H10N2.C6H11N.C6H7N.C5H9N3.C5H8N2S.C5H10N2.C5H6N2.C4H5NS/c2*1-7-4-5-8-3-2-6-10-9(8)11-7;2*1-6-9-7-4-2-3-5-8(7)10-6;1-5-9-6-3-2-4-8-7(6)10-5;1-5-9-7-6(10-5)3-2-4-8-7;1-6-4-3-5-7(8-2)9-6;1-5-8-4-3-6(7-2)9-5;2*1-4-5(2)8-6(3)7-4;2*1-6-4-2-3-5-7-6;1-4-3-7-5(6-2)8-4;1-4-3-8-5(6-2)7-4;2*1-5-6-3-2-4-7-5;1-4-5-2-3-6-4/h4-5H,2-3,6H2,1H3,(H,10,11);2-3,6-7H,4-5H2,1H3,(H,10,11);2-5H,1H3,(H,9,10);2-5H,1H3;2-4H,1H3,(H,8,9,10);2-4H,1H3;3-5H,1-2H3,(H,8,9);3-4H,1-2H3,(H,7,8,9);4-5H,1-3H3,(H,7,8);1-3H3,(H,7,8);2-5H2,1H3;2-5H,1H3;3H,1-2H3,(H2,6,7,8);3H,1-2H3,(H,6,7);2-4H2,1H3,(H,6,7);2-4H,1H3;2-3H,1H3. The monoisotopic (exact) mass is 2050 g/mol. The van der Waals surface area contributed by atoms with Crippen LogP contribution in [-0.2, 0) is 12.8 Å². The molecule has 16 aromatic heterocycles. The highest BCUT2D eigenvalue weighted by Gasteiger charge is 2.17. The first-order valence-electron chi connectivity index (χ1n) is 48.9. The van der Waals surface area contributed by atoms with E-state index in [9.17, 15) is 0 Å². The Labute approximate surface area is 877 Å². The molecule has 0 fully saturated rings. The summed E-state index contributed by atoms with van der Waals surface area (Å²) >= 11 is 6.71. The third-order valence-electron chi connectivity index (χ3n) is 20.9. The zero-order valence-electron chi connectivity index (χ0n) is 89.4. The van der Waals surface area contributed by atoms with Gasteiger partial charge in [0.2, 0.25) is 0 Å². The lowest BCUT2D eigenvalue weighted by molar-refractivity contribution is 0.601. The van der Waals surface area contributed by atoms with E-state index in [1.165, 1.54) is 76.9 Å². The van der Waals surface area contributed by atoms with E-state index in [1.54, 1.807) is 101 Å². The second-order valence-electron chi connectivity index (χ2n) is 33.8. The molecule has 3 atom stereocenters. The van der Waals surface area contributed by atoms with E-state index in [0.29, 0.717) is 18.1 Å². The average molecular weight is 2050 g/mol. The molecule has 37 heteroatoms. The Morgan fingerprint density at radius 3 is 1.50 bits per heavy atom. The quantitative estimate of drug-likeness (QED) is 0.0778. The summed E-state index contributed by atoms with van der Waals surface area (Å²) in [5, 5.41) is 33.0. The van der Waals surface area contributed by atoms with E-state index in [2.05, 4.69) is 219 Å². The average Bonchev–Trinajstić information content (AvgIpc) is 1.76. The number of anilines is 6. The number of aromatic nitrogens is 22. The highest BCUT2D eigenvalue weighted by molar-refractivity contribution is 7.18. The molecule has 0 aliphatic carbocycles. The molecule has 23 rings (SSSR count). The van der Waals surface area contributed by atoms with Crippen LogP contribution in [0.1, 0.15) is 175 Å². The number of imidazole rings is 4. The summed E-state index contributed by atoms with van der Waals surface area (Å²) in [6.45, 7) is 46.3. The van der Waals surface area contributed by atoms with Crippen molar-refractivity contribution in [3.8, 4) is 0 Å². The fourth-order valence-corrected chi connectivity index (χ4v) is 16.0. The summed E-state index contributed by atoms with van der Waals surface area (Å²) < 4.78 is 2.44. The van der Waals surface area contributed by atoms with Crippen molar-refractivity contribution in [2.24, 2.45) is 15.0 Å². The fourth-order valence-electron chi connectivity index (χ4n) is 13.3. The van der Waals surface area contributed by atoms with Gasteiger partial charge < -0.3 is 62.5 Å². The van der Waals surface area contributed by atoms with Crippen LogP contribution >= 0.6 is 45.3 Å². The second kappa shape index (κ2) is 67.0. The Morgan fingerprint density at radius 2 is 1.00 bits per heavy atom. The highest BCUT2D eigenvalue weighted by atomic mass is 32.1. The molecular weight excluding hydrogens is 1900 g/mol. The summed E-state index contributed by atoms with van der Waals surface area (Å²) in [7, 11) is 7.40. The second-order valence-corrected chi connectivity index (χ2v) is 38.2. The maximum absolute atomic E-state index is 4.40. The molecule has 0 spiro atoms. The first kappa shape index (κ1) is 118. The van der Waals surface area contributed by atoms with Crippen molar-refractivity contribution < 1.29 is 0 Å². The van der Waals surface area contributed by atoms with E-state index in [4.69, 9.17) is 0 Å². The van der Waals surface area contributed by atoms with Crippen molar-refractivity contribution in [3.63, 3.8) is 0 Å². The van der Waals surface area contributed by atoms with Gasteiger partial charge in [0.25, 0.3) is 0 Å². The number of hydrogen-bond donors (Lipinski definition) is 12. The molecule has 5 aliphatic heterocycles. The van der Waals surface area contributed by atoms with E-state index in [1.807, 2.05) is 278 Å². The molecular formula is C109H149N33S4. The minimum Gasteiger partial charge on any atom is -0.374 e. The minimum atomic E-state index is 0.468. The number of nitrogens with one attached hydrogen (secondary N) is 12. The number of benzene rings is 2. The molecule has 0 amide bonds. The van der Waals surface area contributed by atoms with Gasteiger partial charge in [-0.25, -0.2) is 79.7 Å². The molecule has 21 heterocycles. The largest absolute Gasteiger partial charge is 0.374 e. The lowest BCUT2D eigenvalue weighted by atomic mass is 10.0. The predicted molar refractivity (Wildman–Crippen MR) is 614 cm³/mol. The van der Waals surface area contributed by atoms with Crippen LogP contribution < -0.4 is 42.5 Å². The van der Waals surface area contributed by atoms with Crippen LogP contribution in [0.2, 0.25) is 0 Å². The van der Waals surface area contributed by atoms with Gasteiger partial charge in [-0.05, 0) is 305 Å². The van der Waals surface area contributed by atoms with Gasteiger partial charge >= 0.3 is 0 Å². The molecule has 12 N–H and O–H groups in total. The van der Waals surface area contributed by atoms with Crippen LogP contribution in [0.5, 0.6) is 0 Å². The van der Waals surface area contributed by atoms with Crippen molar-refractivity contribution in [2.75, 3.05) is 86.3 Å². The Hall–Kier alpha value is -14.7. The maximum atomic E-state index is 4.40. The smallest absolute Gasteiger partial charge is 0.200 e. The number of hydrogen-bond acceptors (Lipinski definition) is 33. The minimum absolute atomic E-state index is 0.468. The summed E-state index contributed by atoms with van der Waals surface area (Å²) in [5.41, 5.74) is 17.6. The summed E-state index contributed by atoms with van der Waals surface area (Å²) in [5.74, 6) is 11.4. The predicted octanol–water partition coefficient (Wildman–Crippen LogP) is 23.6. The van der Waals surface area contributed by atoms with E-state index >= 15 is 0 Å². The molecule has 0 bridgehead atoms. The van der Waals surface area contributed by atoms with Gasteiger partial charge in [-0.2, -0.15) is 0 Å². The van der Waals surface area contributed by atoms with Gasteiger partial charge in [0, 0.05) is 167 Å². The molecule has 3 unspecified atom stereocenters. The number of aliphatic imine (C=N–C) groups is 3. The van der Waals surface area contributed by atoms with Crippen LogP contribution in [0.15, 0.2) is 227 Å². The van der Waals surface area contributed by atoms with Crippen LogP contribution in [0, 0.1) is 104 Å². The number of thiazole rings is 4. The molecule has 0 saturated carbocycles. The number of aryl methyl sites for hydroxylation is 17. The topological polar surface area (TPSA) is 428 Å². The summed E-state index contributed by atoms with van der Waals surface area (Å²) in [4.78, 5) is 98.9. The Bertz CT molecular complexity index is 6150. The Kier molecular flexibility index (Phi) is 54.3. The van der Waals surface area contributed by atoms with Crippen LogP contribution in [0.4, 0.5) is 34.4 Å². The Balaban J connectivity index is 0.000000211. The molecule has 146 heavy (non-hydrogen) atoms. The van der Waals surface area contributed by atoms with Crippen molar-refractivity contribution in [1.82, 2.24) is 120 Å². The van der Waals surface area contributed by atoms with Gasteiger partial charge in [0.1, 0.15) is 52.4 Å². The maximum Gasteiger partial charge on any atom is 0.200 e. The van der Waals surface area contributed by atoms with E-state index in [-0.39, 0.29) is 0 Å². The third-order valence-corrected chi connectivity index (χ3v) is 24.5. The summed E-state index contributed by atoms with van der Waals surface area (Å²) in [6, 6.07) is 49.4. The lowest BCUT2D eigenvalue weighted by Gasteiger charge is -2.22. The number of aromatic amines is 4. The van der Waals surface area contributed by atoms with E-state index < -0.39 is 0 Å². The highest BCUT2D eigenvalue weighted by Crippen LogP contribution is 2.24. The number of rotatable bonds is 4. The zero-order chi connectivity index (χ0) is 106. The van der Waals surface area contributed by atoms with Gasteiger partial charge in [0.15, 0.2) is 22.4 Å². The van der Waals surface area contributed by atoms with Crippen molar-refractivity contribution in [2.45, 2.75) is 215 Å². The molecule has 0 radical (unpaired) electrons. The molecule has 774 valence electrons. The van der Waals surface area contributed by atoms with Gasteiger partial charge in [0.05, 0.1) is 75.6 Å². The zero-order valence-corrected chi connectivity index (χ0v) is 92.7. The fraction of sp³-hybridized carbons (Fsp3) is 0.367. The van der Waals surface area contributed by atoms with Gasteiger partial charge in [-0.15, -0.1) is 45.3 Å².